The third-order valence-corrected chi connectivity index (χ3v) is 14.2. The summed E-state index contributed by atoms with van der Waals surface area (Å²) in [6.07, 6.45) is 15.3. The second kappa shape index (κ2) is 23.2. The van der Waals surface area contributed by atoms with Gasteiger partial charge in [-0.3, -0.25) is 14.5 Å². The second-order valence-electron chi connectivity index (χ2n) is 15.5. The number of carboxylic acids is 1. The van der Waals surface area contributed by atoms with Crippen LogP contribution in [0.4, 0.5) is 9.59 Å². The third-order valence-electron chi connectivity index (χ3n) is 11.2. The number of thioether (sulfide) groups is 2. The van der Waals surface area contributed by atoms with E-state index in [1.54, 1.807) is 12.1 Å². The standard InChI is InChI=1S/C40H63N7O6S2/c48-34(15-7-5-13-32-36-30(26-54-32)43-39(52)45-36)41-21-9-1-3-11-23-47(25-28-17-19-29(20-18-28)38(50)51)24-12-4-2-10-22-42-35(49)16-8-6-14-33-37-31(27-55-33)44-40(53)46-37/h17-20,30-33,36-37H,1-16,21-27H2,(H,41,48)(H,42,49)(H,50,51)(H2,43,45,52)(H2,44,46,53)/t30-,31-,32-,33-,36-,37-/m0/s1. The van der Waals surface area contributed by atoms with Crippen LogP contribution in [0.3, 0.4) is 0 Å². The molecule has 4 saturated heterocycles. The SMILES string of the molecule is O=C(CCCC[C@@H]1SC[C@@H]2NC(=O)N[C@@H]21)NCCCCCCN(CCCCCCNC(=O)CCCC[C@@H]1SC[C@@H]2NC(=O)N[C@@H]21)Cc1ccc(C(=O)O)cc1. The maximum atomic E-state index is 12.4. The van der Waals surface area contributed by atoms with Crippen LogP contribution in [0, 0.1) is 0 Å². The summed E-state index contributed by atoms with van der Waals surface area (Å²) in [4.78, 5) is 61.6. The molecule has 0 aliphatic carbocycles. The monoisotopic (exact) mass is 801 g/mol. The molecule has 0 spiro atoms. The van der Waals surface area contributed by atoms with E-state index in [2.05, 4.69) is 36.8 Å². The van der Waals surface area contributed by atoms with E-state index in [1.807, 2.05) is 35.7 Å². The first-order valence-electron chi connectivity index (χ1n) is 20.7. The molecule has 0 aromatic heterocycles. The van der Waals surface area contributed by atoms with Crippen LogP contribution in [-0.4, -0.2) is 112 Å². The van der Waals surface area contributed by atoms with Gasteiger partial charge in [-0.25, -0.2) is 14.4 Å². The van der Waals surface area contributed by atoms with Gasteiger partial charge in [-0.15, -0.1) is 0 Å². The summed E-state index contributed by atoms with van der Waals surface area (Å²) in [6.45, 7) is 4.13. The highest BCUT2D eigenvalue weighted by Crippen LogP contribution is 2.34. The van der Waals surface area contributed by atoms with Crippen molar-refractivity contribution in [1.82, 2.24) is 36.8 Å². The number of rotatable bonds is 27. The Morgan fingerprint density at radius 3 is 1.58 bits per heavy atom. The van der Waals surface area contributed by atoms with Crippen LogP contribution in [0.5, 0.6) is 0 Å². The van der Waals surface area contributed by atoms with Crippen LogP contribution in [0.2, 0.25) is 0 Å². The minimum atomic E-state index is -0.915. The molecule has 1 aromatic carbocycles. The van der Waals surface area contributed by atoms with Crippen LogP contribution >= 0.6 is 23.5 Å². The van der Waals surface area contributed by atoms with Crippen LogP contribution in [-0.2, 0) is 16.1 Å². The molecule has 6 atom stereocenters. The van der Waals surface area contributed by atoms with E-state index >= 15 is 0 Å². The number of nitrogens with zero attached hydrogens (tertiary/aromatic N) is 1. The molecule has 0 radical (unpaired) electrons. The number of urea groups is 2. The Morgan fingerprint density at radius 1 is 0.636 bits per heavy atom. The van der Waals surface area contributed by atoms with Crippen molar-refractivity contribution in [3.05, 3.63) is 35.4 Å². The van der Waals surface area contributed by atoms with Crippen molar-refractivity contribution in [2.24, 2.45) is 0 Å². The third kappa shape index (κ3) is 14.7. The summed E-state index contributed by atoms with van der Waals surface area (Å²) >= 11 is 3.83. The number of unbranched alkanes of at least 4 members (excludes halogenated alkanes) is 8. The van der Waals surface area contributed by atoms with Gasteiger partial charge in [0.25, 0.3) is 0 Å². The summed E-state index contributed by atoms with van der Waals surface area (Å²) in [5, 5.41) is 28.3. The first kappa shape index (κ1) is 43.0. The maximum Gasteiger partial charge on any atom is 0.335 e. The zero-order valence-electron chi connectivity index (χ0n) is 32.3. The fourth-order valence-corrected chi connectivity index (χ4v) is 11.2. The lowest BCUT2D eigenvalue weighted by atomic mass is 10.0. The fourth-order valence-electron chi connectivity index (χ4n) is 8.09. The van der Waals surface area contributed by atoms with Gasteiger partial charge in [-0.05, 0) is 82.2 Å². The molecule has 0 saturated carbocycles. The molecular formula is C40H63N7O6S2. The number of carboxylic acid groups (broad SMARTS) is 1. The van der Waals surface area contributed by atoms with Gasteiger partial charge < -0.3 is 37.0 Å². The molecule has 55 heavy (non-hydrogen) atoms. The van der Waals surface area contributed by atoms with Gasteiger partial charge >= 0.3 is 18.0 Å². The van der Waals surface area contributed by atoms with Gasteiger partial charge in [0.15, 0.2) is 0 Å². The quantitative estimate of drug-likeness (QED) is 0.0477. The number of fused-ring (bicyclic) bond motifs is 2. The van der Waals surface area contributed by atoms with Crippen LogP contribution in [0.1, 0.15) is 119 Å². The molecule has 15 heteroatoms. The lowest BCUT2D eigenvalue weighted by molar-refractivity contribution is -0.122. The molecule has 4 heterocycles. The van der Waals surface area contributed by atoms with Crippen LogP contribution in [0.25, 0.3) is 0 Å². The van der Waals surface area contributed by atoms with E-state index in [0.717, 1.165) is 127 Å². The average Bonchev–Trinajstić information content (AvgIpc) is 3.93. The van der Waals surface area contributed by atoms with Crippen LogP contribution in [0.15, 0.2) is 24.3 Å². The number of carbonyl (C=O) groups excluding carboxylic acids is 4. The van der Waals surface area contributed by atoms with Gasteiger partial charge in [-0.1, -0.05) is 50.7 Å². The first-order chi connectivity index (χ1) is 26.7. The number of aromatic carboxylic acids is 1. The molecule has 0 bridgehead atoms. The van der Waals surface area contributed by atoms with E-state index < -0.39 is 5.97 Å². The number of hydrogen-bond donors (Lipinski definition) is 7. The van der Waals surface area contributed by atoms with E-state index in [4.69, 9.17) is 0 Å². The Bertz CT molecular complexity index is 1330. The lowest BCUT2D eigenvalue weighted by Gasteiger charge is -2.22. The molecule has 4 fully saturated rings. The lowest BCUT2D eigenvalue weighted by Crippen LogP contribution is -2.36. The van der Waals surface area contributed by atoms with E-state index in [1.165, 1.54) is 0 Å². The van der Waals surface area contributed by atoms with Crippen molar-refractivity contribution in [2.75, 3.05) is 37.7 Å². The Morgan fingerprint density at radius 2 is 1.11 bits per heavy atom. The molecule has 5 rings (SSSR count). The number of nitrogens with one attached hydrogen (secondary N) is 6. The molecule has 13 nitrogen and oxygen atoms in total. The highest BCUT2D eigenvalue weighted by Gasteiger charge is 2.43. The molecule has 7 N–H and O–H groups in total. The van der Waals surface area contributed by atoms with Gasteiger partial charge in [-0.2, -0.15) is 23.5 Å². The Hall–Kier alpha value is -3.17. The summed E-state index contributed by atoms with van der Waals surface area (Å²) in [5.74, 6) is 1.26. The molecule has 0 unspecified atom stereocenters. The first-order valence-corrected chi connectivity index (χ1v) is 22.8. The predicted molar refractivity (Wildman–Crippen MR) is 220 cm³/mol. The molecule has 4 aliphatic rings. The van der Waals surface area contributed by atoms with Gasteiger partial charge in [0.1, 0.15) is 0 Å². The minimum Gasteiger partial charge on any atom is -0.478 e. The molecule has 1 aromatic rings. The van der Waals surface area contributed by atoms with E-state index in [0.29, 0.717) is 42.0 Å². The molecule has 6 amide bonds. The number of benzene rings is 1. The highest BCUT2D eigenvalue weighted by atomic mass is 32.2. The molecular weight excluding hydrogens is 739 g/mol. The highest BCUT2D eigenvalue weighted by molar-refractivity contribution is 8.00. The Labute approximate surface area is 335 Å². The maximum absolute atomic E-state index is 12.4. The second-order valence-corrected chi connectivity index (χ2v) is 18.1. The minimum absolute atomic E-state index is 0.0551. The average molecular weight is 802 g/mol. The van der Waals surface area contributed by atoms with Crippen molar-refractivity contribution in [3.8, 4) is 0 Å². The summed E-state index contributed by atoms with van der Waals surface area (Å²) in [5.41, 5.74) is 1.41. The number of amides is 6. The smallest absolute Gasteiger partial charge is 0.335 e. The van der Waals surface area contributed by atoms with Gasteiger partial charge in [0, 0.05) is 54.5 Å². The molecule has 306 valence electrons. The van der Waals surface area contributed by atoms with Crippen molar-refractivity contribution in [1.29, 1.82) is 0 Å². The zero-order valence-corrected chi connectivity index (χ0v) is 33.9. The fraction of sp³-hybridized carbons (Fsp3) is 0.725. The largest absolute Gasteiger partial charge is 0.478 e. The summed E-state index contributed by atoms with van der Waals surface area (Å²) in [6, 6.07) is 8.00. The number of hydrogen-bond acceptors (Lipinski definition) is 8. The van der Waals surface area contributed by atoms with Crippen molar-refractivity contribution in [2.45, 2.75) is 144 Å². The van der Waals surface area contributed by atoms with Gasteiger partial charge in [0.05, 0.1) is 29.7 Å². The van der Waals surface area contributed by atoms with Gasteiger partial charge in [0.2, 0.25) is 11.8 Å². The predicted octanol–water partition coefficient (Wildman–Crippen LogP) is 4.99. The normalized spacial score (nSPS) is 23.8. The van der Waals surface area contributed by atoms with Crippen molar-refractivity contribution < 1.29 is 29.1 Å². The topological polar surface area (TPSA) is 181 Å². The zero-order chi connectivity index (χ0) is 38.8. The van der Waals surface area contributed by atoms with Crippen molar-refractivity contribution >= 4 is 53.4 Å². The van der Waals surface area contributed by atoms with Crippen LogP contribution < -0.4 is 31.9 Å². The van der Waals surface area contributed by atoms with Crippen molar-refractivity contribution in [3.63, 3.8) is 0 Å². The molecule has 4 aliphatic heterocycles. The Kier molecular flexibility index (Phi) is 18.1. The Balaban J connectivity index is 0.873. The summed E-state index contributed by atoms with van der Waals surface area (Å²) < 4.78 is 0. The van der Waals surface area contributed by atoms with E-state index in [-0.39, 0.29) is 48.0 Å². The van der Waals surface area contributed by atoms with E-state index in [9.17, 15) is 29.1 Å². The number of carbonyl (C=O) groups is 5. The summed E-state index contributed by atoms with van der Waals surface area (Å²) in [7, 11) is 0.